The minimum atomic E-state index is -1.08. The third-order valence-corrected chi connectivity index (χ3v) is 0.881. The van der Waals surface area contributed by atoms with E-state index in [0.29, 0.717) is 0 Å². The number of hydrogen-bond donors (Lipinski definition) is 1. The molecular formula is C11H15NNiO5. The summed E-state index contributed by atoms with van der Waals surface area (Å²) in [6, 6.07) is 0. The predicted octanol–water partition coefficient (Wildman–Crippen LogP) is -1.72. The topological polar surface area (TPSA) is 123 Å². The summed E-state index contributed by atoms with van der Waals surface area (Å²) in [5, 5.41) is 17.8. The Kier molecular flexibility index (Phi) is 28.6. The third-order valence-electron chi connectivity index (χ3n) is 0.881. The maximum absolute atomic E-state index is 8.89. The number of hydrogen-bond acceptors (Lipinski definition) is 6. The van der Waals surface area contributed by atoms with Gasteiger partial charge in [0.15, 0.2) is 0 Å². The van der Waals surface area contributed by atoms with Gasteiger partial charge >= 0.3 is 16.5 Å². The van der Waals surface area contributed by atoms with Crippen LogP contribution in [-0.4, -0.2) is 18.7 Å². The third kappa shape index (κ3) is 47.9. The minimum Gasteiger partial charge on any atom is -0.550 e. The zero-order valence-corrected chi connectivity index (χ0v) is 11.0. The van der Waals surface area contributed by atoms with Gasteiger partial charge in [0.25, 0.3) is 0 Å². The zero-order chi connectivity index (χ0) is 14.3. The summed E-state index contributed by atoms with van der Waals surface area (Å²) >= 11 is 0. The number of aliphatic carboxylic acids is 2. The van der Waals surface area contributed by atoms with Crippen LogP contribution in [0, 0.1) is 0 Å². The van der Waals surface area contributed by atoms with Crippen molar-refractivity contribution in [2.24, 2.45) is 5.73 Å². The van der Waals surface area contributed by atoms with Gasteiger partial charge in [-0.3, -0.25) is 0 Å². The first kappa shape index (κ1) is 25.1. The molecule has 2 N–H and O–H groups in total. The van der Waals surface area contributed by atoms with Gasteiger partial charge in [0, 0.05) is 18.1 Å². The van der Waals surface area contributed by atoms with Gasteiger partial charge in [0.1, 0.15) is 6.79 Å². The molecule has 18 heavy (non-hydrogen) atoms. The first-order valence-corrected chi connectivity index (χ1v) is 4.30. The summed E-state index contributed by atoms with van der Waals surface area (Å²) in [7, 11) is 0. The summed E-state index contributed by atoms with van der Waals surface area (Å²) in [6.07, 6.45) is 9.41. The van der Waals surface area contributed by atoms with Crippen molar-refractivity contribution in [2.45, 2.75) is 13.8 Å². The van der Waals surface area contributed by atoms with Crippen LogP contribution in [0.4, 0.5) is 0 Å². The minimum absolute atomic E-state index is 0. The molecule has 0 radical (unpaired) electrons. The van der Waals surface area contributed by atoms with Crippen LogP contribution in [0.3, 0.4) is 0 Å². The Hall–Kier alpha value is -1.88. The van der Waals surface area contributed by atoms with Crippen molar-refractivity contribution in [3.8, 4) is 0 Å². The molecule has 0 unspecified atom stereocenters. The first-order chi connectivity index (χ1) is 7.90. The van der Waals surface area contributed by atoms with Crippen molar-refractivity contribution in [3.05, 3.63) is 36.1 Å². The second kappa shape index (κ2) is 20.5. The first-order valence-electron chi connectivity index (χ1n) is 4.30. The number of allylic oxidation sites excluding steroid dienone is 5. The Morgan fingerprint density at radius 3 is 1.44 bits per heavy atom. The summed E-state index contributed by atoms with van der Waals surface area (Å²) in [4.78, 5) is 25.8. The molecule has 0 amide bonds. The fourth-order valence-electron chi connectivity index (χ4n) is 0.500. The number of carboxylic acids is 2. The molecular weight excluding hydrogens is 285 g/mol. The van der Waals surface area contributed by atoms with E-state index in [4.69, 9.17) is 30.3 Å². The van der Waals surface area contributed by atoms with Gasteiger partial charge in [0.05, 0.1) is 0 Å². The standard InChI is InChI=1S/C6H7N.2C2H4O2.CH2O.Ni/c7-5-6-3-1-2-4-6;2*1-2(3)4;1-2;/h1-5H,7H2;2*1H3,(H,3,4);1H2;/q;;;;+2/p-2. The fraction of sp³-hybridized carbons (Fsp3) is 0.182. The molecule has 0 spiro atoms. The fourth-order valence-corrected chi connectivity index (χ4v) is 0.500. The number of carbonyl (C=O) groups is 3. The molecule has 0 aromatic heterocycles. The summed E-state index contributed by atoms with van der Waals surface area (Å²) in [5.74, 6) is -2.17. The van der Waals surface area contributed by atoms with Gasteiger partial charge in [-0.15, -0.1) is 0 Å². The Bertz CT molecular complexity index is 277. The normalized spacial score (nSPS) is 9.11. The summed E-state index contributed by atoms with van der Waals surface area (Å²) in [5.41, 5.74) is 6.25. The molecule has 0 fully saturated rings. The van der Waals surface area contributed by atoms with E-state index in [-0.39, 0.29) is 16.5 Å². The van der Waals surface area contributed by atoms with E-state index in [1.165, 1.54) is 0 Å². The predicted molar refractivity (Wildman–Crippen MR) is 59.0 cm³/mol. The second-order valence-electron chi connectivity index (χ2n) is 2.37. The van der Waals surface area contributed by atoms with Crippen molar-refractivity contribution in [1.82, 2.24) is 0 Å². The SMILES string of the molecule is C=O.CC(=O)[O-].CC(=O)[O-].NC=C1C=CC=C1.[Ni+2]. The van der Waals surface area contributed by atoms with Crippen molar-refractivity contribution in [2.75, 3.05) is 0 Å². The molecule has 0 saturated carbocycles. The van der Waals surface area contributed by atoms with Gasteiger partial charge < -0.3 is 30.3 Å². The van der Waals surface area contributed by atoms with Gasteiger partial charge in [-0.1, -0.05) is 24.3 Å². The van der Waals surface area contributed by atoms with Crippen LogP contribution in [-0.2, 0) is 30.9 Å². The van der Waals surface area contributed by atoms with E-state index in [9.17, 15) is 0 Å². The molecule has 0 saturated heterocycles. The van der Waals surface area contributed by atoms with E-state index in [2.05, 4.69) is 0 Å². The Balaban J connectivity index is -0.0000000789. The van der Waals surface area contributed by atoms with E-state index in [1.54, 1.807) is 6.20 Å². The number of carbonyl (C=O) groups excluding carboxylic acids is 3. The van der Waals surface area contributed by atoms with Crippen molar-refractivity contribution in [1.29, 1.82) is 0 Å². The quantitative estimate of drug-likeness (QED) is 0.531. The van der Waals surface area contributed by atoms with Crippen molar-refractivity contribution >= 4 is 18.7 Å². The molecule has 0 aliphatic heterocycles. The molecule has 7 heteroatoms. The van der Waals surface area contributed by atoms with Crippen LogP contribution in [0.15, 0.2) is 36.1 Å². The molecule has 104 valence electrons. The van der Waals surface area contributed by atoms with E-state index < -0.39 is 11.9 Å². The van der Waals surface area contributed by atoms with Gasteiger partial charge in [-0.05, 0) is 19.4 Å². The molecule has 0 atom stereocenters. The maximum atomic E-state index is 8.89. The second-order valence-corrected chi connectivity index (χ2v) is 2.37. The average Bonchev–Trinajstić information content (AvgIpc) is 2.71. The largest absolute Gasteiger partial charge is 2.00 e. The van der Waals surface area contributed by atoms with Crippen molar-refractivity contribution < 1.29 is 41.1 Å². The van der Waals surface area contributed by atoms with Gasteiger partial charge in [-0.25, -0.2) is 0 Å². The van der Waals surface area contributed by atoms with E-state index in [0.717, 1.165) is 19.4 Å². The summed E-state index contributed by atoms with van der Waals surface area (Å²) in [6.45, 7) is 3.94. The van der Waals surface area contributed by atoms with Crippen LogP contribution >= 0.6 is 0 Å². The van der Waals surface area contributed by atoms with Crippen LogP contribution in [0.1, 0.15) is 13.8 Å². The molecule has 0 bridgehead atoms. The van der Waals surface area contributed by atoms with Gasteiger partial charge in [0.2, 0.25) is 0 Å². The monoisotopic (exact) mass is 299 g/mol. The smallest absolute Gasteiger partial charge is 0.550 e. The number of nitrogens with two attached hydrogens (primary N) is 1. The number of carboxylic acid groups (broad SMARTS) is 2. The average molecular weight is 300 g/mol. The van der Waals surface area contributed by atoms with Crippen LogP contribution < -0.4 is 15.9 Å². The maximum Gasteiger partial charge on any atom is 2.00 e. The molecule has 1 rings (SSSR count). The molecule has 1 aliphatic carbocycles. The van der Waals surface area contributed by atoms with Gasteiger partial charge in [-0.2, -0.15) is 0 Å². The van der Waals surface area contributed by atoms with E-state index in [1.807, 2.05) is 31.1 Å². The zero-order valence-electron chi connectivity index (χ0n) is 10.0. The Morgan fingerprint density at radius 1 is 1.11 bits per heavy atom. The molecule has 6 nitrogen and oxygen atoms in total. The summed E-state index contributed by atoms with van der Waals surface area (Å²) < 4.78 is 0. The Labute approximate surface area is 116 Å². The van der Waals surface area contributed by atoms with Crippen molar-refractivity contribution in [3.63, 3.8) is 0 Å². The molecule has 0 aromatic rings. The van der Waals surface area contributed by atoms with Crippen LogP contribution in [0.2, 0.25) is 0 Å². The number of rotatable bonds is 0. The van der Waals surface area contributed by atoms with Crippen LogP contribution in [0.5, 0.6) is 0 Å². The van der Waals surface area contributed by atoms with E-state index >= 15 is 0 Å². The molecule has 0 aromatic carbocycles. The van der Waals surface area contributed by atoms with Crippen LogP contribution in [0.25, 0.3) is 0 Å². The molecule has 1 aliphatic rings. The Morgan fingerprint density at radius 2 is 1.33 bits per heavy atom. The molecule has 0 heterocycles.